The molecule has 112 valence electrons. The van der Waals surface area contributed by atoms with Crippen molar-refractivity contribution < 1.29 is 4.79 Å². The third kappa shape index (κ3) is 2.28. The van der Waals surface area contributed by atoms with E-state index in [4.69, 9.17) is 5.73 Å². The zero-order valence-corrected chi connectivity index (χ0v) is 12.9. The molecule has 0 aromatic carbocycles. The first-order chi connectivity index (χ1) is 9.52. The molecule has 2 N–H and O–H groups in total. The van der Waals surface area contributed by atoms with Gasteiger partial charge in [-0.1, -0.05) is 26.7 Å². The Morgan fingerprint density at radius 2 is 1.95 bits per heavy atom. The molecule has 1 unspecified atom stereocenters. The van der Waals surface area contributed by atoms with Gasteiger partial charge in [0.05, 0.1) is 11.4 Å². The molecule has 1 amide bonds. The van der Waals surface area contributed by atoms with E-state index in [9.17, 15) is 4.79 Å². The maximum absolute atomic E-state index is 12.7. The van der Waals surface area contributed by atoms with Gasteiger partial charge in [-0.05, 0) is 12.8 Å². The van der Waals surface area contributed by atoms with Crippen LogP contribution >= 0.6 is 0 Å². The molecule has 20 heavy (non-hydrogen) atoms. The van der Waals surface area contributed by atoms with E-state index in [2.05, 4.69) is 18.9 Å². The van der Waals surface area contributed by atoms with E-state index in [1.807, 2.05) is 19.0 Å². The SMILES string of the molecule is CCCCN1C(=O)c2c(c(CCC)nn2C)N(C)C1N. The van der Waals surface area contributed by atoms with Crippen molar-refractivity contribution >= 4 is 11.6 Å². The quantitative estimate of drug-likeness (QED) is 0.882. The number of aryl methyl sites for hydroxylation is 2. The number of unbranched alkanes of at least 4 members (excludes halogenated alkanes) is 1. The summed E-state index contributed by atoms with van der Waals surface area (Å²) < 4.78 is 1.70. The average molecular weight is 279 g/mol. The summed E-state index contributed by atoms with van der Waals surface area (Å²) in [5, 5.41) is 4.50. The second-order valence-electron chi connectivity index (χ2n) is 5.39. The molecule has 1 aliphatic heterocycles. The molecule has 0 saturated heterocycles. The molecule has 0 aliphatic carbocycles. The van der Waals surface area contributed by atoms with Crippen molar-refractivity contribution in [3.05, 3.63) is 11.4 Å². The van der Waals surface area contributed by atoms with Crippen LogP contribution in [0.15, 0.2) is 0 Å². The van der Waals surface area contributed by atoms with Crippen molar-refractivity contribution in [1.82, 2.24) is 14.7 Å². The molecule has 6 heteroatoms. The number of carbonyl (C=O) groups is 1. The number of nitrogens with zero attached hydrogens (tertiary/aromatic N) is 4. The molecule has 2 heterocycles. The van der Waals surface area contributed by atoms with Crippen LogP contribution in [0.25, 0.3) is 0 Å². The van der Waals surface area contributed by atoms with Crippen molar-refractivity contribution in [3.63, 3.8) is 0 Å². The number of nitrogens with two attached hydrogens (primary N) is 1. The second kappa shape index (κ2) is 5.83. The number of hydrogen-bond donors (Lipinski definition) is 1. The fourth-order valence-corrected chi connectivity index (χ4v) is 2.74. The lowest BCUT2D eigenvalue weighted by atomic mass is 10.1. The Labute approximate surface area is 120 Å². The summed E-state index contributed by atoms with van der Waals surface area (Å²) in [6.07, 6.45) is 3.46. The lowest BCUT2D eigenvalue weighted by molar-refractivity contribution is 0.0646. The fourth-order valence-electron chi connectivity index (χ4n) is 2.74. The summed E-state index contributed by atoms with van der Waals surface area (Å²) in [5.74, 6) is -0.00333. The van der Waals surface area contributed by atoms with Crippen LogP contribution in [0.2, 0.25) is 0 Å². The second-order valence-corrected chi connectivity index (χ2v) is 5.39. The lowest BCUT2D eigenvalue weighted by Gasteiger charge is -2.40. The zero-order chi connectivity index (χ0) is 14.9. The van der Waals surface area contributed by atoms with Gasteiger partial charge < -0.3 is 9.80 Å². The van der Waals surface area contributed by atoms with Crippen LogP contribution < -0.4 is 10.6 Å². The van der Waals surface area contributed by atoms with E-state index in [1.54, 1.807) is 9.58 Å². The Balaban J connectivity index is 2.42. The number of anilines is 1. The van der Waals surface area contributed by atoms with Gasteiger partial charge >= 0.3 is 0 Å². The predicted molar refractivity (Wildman–Crippen MR) is 79.5 cm³/mol. The number of amides is 1. The normalized spacial score (nSPS) is 18.6. The largest absolute Gasteiger partial charge is 0.339 e. The molecule has 1 aliphatic rings. The van der Waals surface area contributed by atoms with Gasteiger partial charge in [0, 0.05) is 20.6 Å². The number of hydrogen-bond acceptors (Lipinski definition) is 4. The molecule has 0 saturated carbocycles. The Hall–Kier alpha value is -1.56. The highest BCUT2D eigenvalue weighted by Gasteiger charge is 2.38. The smallest absolute Gasteiger partial charge is 0.276 e. The third-order valence-corrected chi connectivity index (χ3v) is 3.86. The highest BCUT2D eigenvalue weighted by Crippen LogP contribution is 2.32. The van der Waals surface area contributed by atoms with E-state index in [1.165, 1.54) is 0 Å². The van der Waals surface area contributed by atoms with Gasteiger partial charge in [-0.2, -0.15) is 5.10 Å². The van der Waals surface area contributed by atoms with Crippen molar-refractivity contribution in [2.45, 2.75) is 45.8 Å². The number of rotatable bonds is 5. The molecule has 0 radical (unpaired) electrons. The molecule has 6 nitrogen and oxygen atoms in total. The third-order valence-electron chi connectivity index (χ3n) is 3.86. The maximum Gasteiger partial charge on any atom is 0.276 e. The van der Waals surface area contributed by atoms with E-state index in [-0.39, 0.29) is 5.91 Å². The first-order valence-electron chi connectivity index (χ1n) is 7.38. The maximum atomic E-state index is 12.7. The summed E-state index contributed by atoms with van der Waals surface area (Å²) >= 11 is 0. The van der Waals surface area contributed by atoms with Gasteiger partial charge in [0.25, 0.3) is 5.91 Å². The van der Waals surface area contributed by atoms with Crippen molar-refractivity contribution in [2.75, 3.05) is 18.5 Å². The van der Waals surface area contributed by atoms with Crippen molar-refractivity contribution in [1.29, 1.82) is 0 Å². The van der Waals surface area contributed by atoms with Crippen molar-refractivity contribution in [2.24, 2.45) is 12.8 Å². The Morgan fingerprint density at radius 1 is 1.25 bits per heavy atom. The van der Waals surface area contributed by atoms with Crippen LogP contribution in [0.1, 0.15) is 49.3 Å². The molecule has 1 aromatic rings. The first kappa shape index (κ1) is 14.8. The minimum absolute atomic E-state index is 0.00333. The molecular formula is C14H25N5O. The molecule has 1 aromatic heterocycles. The molecule has 0 bridgehead atoms. The number of fused-ring (bicyclic) bond motifs is 1. The van der Waals surface area contributed by atoms with Gasteiger partial charge in [0.15, 0.2) is 6.29 Å². The zero-order valence-electron chi connectivity index (χ0n) is 12.9. The number of aromatic nitrogens is 2. The van der Waals surface area contributed by atoms with Crippen LogP contribution in [0.5, 0.6) is 0 Å². The summed E-state index contributed by atoms with van der Waals surface area (Å²) in [5.41, 5.74) is 8.76. The van der Waals surface area contributed by atoms with Gasteiger partial charge in [0.1, 0.15) is 5.69 Å². The molecule has 1 atom stereocenters. The minimum Gasteiger partial charge on any atom is -0.339 e. The topological polar surface area (TPSA) is 67.4 Å². The summed E-state index contributed by atoms with van der Waals surface area (Å²) in [7, 11) is 3.77. The van der Waals surface area contributed by atoms with Crippen LogP contribution in [0, 0.1) is 0 Å². The summed E-state index contributed by atoms with van der Waals surface area (Å²) in [6, 6.07) is 0. The van der Waals surface area contributed by atoms with E-state index < -0.39 is 6.29 Å². The highest BCUT2D eigenvalue weighted by molar-refractivity contribution is 6.01. The number of carbonyl (C=O) groups excluding carboxylic acids is 1. The average Bonchev–Trinajstić information content (AvgIpc) is 2.74. The van der Waals surface area contributed by atoms with Crippen LogP contribution in [-0.4, -0.2) is 40.5 Å². The Bertz CT molecular complexity index is 496. The van der Waals surface area contributed by atoms with E-state index in [0.717, 1.165) is 37.1 Å². The van der Waals surface area contributed by atoms with Gasteiger partial charge in [0.2, 0.25) is 0 Å². The Kier molecular flexibility index (Phi) is 4.32. The Morgan fingerprint density at radius 3 is 2.55 bits per heavy atom. The van der Waals surface area contributed by atoms with E-state index >= 15 is 0 Å². The van der Waals surface area contributed by atoms with E-state index in [0.29, 0.717) is 12.2 Å². The highest BCUT2D eigenvalue weighted by atomic mass is 16.2. The van der Waals surface area contributed by atoms with Crippen molar-refractivity contribution in [3.8, 4) is 0 Å². The monoisotopic (exact) mass is 279 g/mol. The first-order valence-corrected chi connectivity index (χ1v) is 7.38. The minimum atomic E-state index is -0.402. The lowest BCUT2D eigenvalue weighted by Crippen LogP contribution is -2.59. The molecular weight excluding hydrogens is 254 g/mol. The summed E-state index contributed by atoms with van der Waals surface area (Å²) in [4.78, 5) is 16.4. The van der Waals surface area contributed by atoms with Crippen LogP contribution in [0.3, 0.4) is 0 Å². The summed E-state index contributed by atoms with van der Waals surface area (Å²) in [6.45, 7) is 4.91. The van der Waals surface area contributed by atoms with Crippen LogP contribution in [0.4, 0.5) is 5.69 Å². The van der Waals surface area contributed by atoms with Crippen LogP contribution in [-0.2, 0) is 13.5 Å². The molecule has 0 fully saturated rings. The molecule has 0 spiro atoms. The molecule has 2 rings (SSSR count). The standard InChI is InChI=1S/C14H25N5O/c1-5-7-9-19-13(20)12-11(17(3)14(19)15)10(8-6-2)16-18(12)4/h14H,5-9,15H2,1-4H3. The predicted octanol–water partition coefficient (Wildman–Crippen LogP) is 1.31. The van der Waals surface area contributed by atoms with Gasteiger partial charge in [-0.15, -0.1) is 0 Å². The van der Waals surface area contributed by atoms with Gasteiger partial charge in [-0.3, -0.25) is 15.2 Å². The van der Waals surface area contributed by atoms with Gasteiger partial charge in [-0.25, -0.2) is 0 Å². The fraction of sp³-hybridized carbons (Fsp3) is 0.714.